The maximum Gasteiger partial charge on any atom is 0.132 e. The normalized spacial score (nSPS) is 12.8. The quantitative estimate of drug-likeness (QED) is 0.169. The van der Waals surface area contributed by atoms with Gasteiger partial charge in [-0.3, -0.25) is 0 Å². The van der Waals surface area contributed by atoms with Crippen LogP contribution in [0.25, 0.3) is 44.5 Å². The second-order valence-electron chi connectivity index (χ2n) is 14.8. The van der Waals surface area contributed by atoms with Gasteiger partial charge in [0.1, 0.15) is 11.5 Å². The molecule has 57 heavy (non-hydrogen) atoms. The third kappa shape index (κ3) is 5.26. The fraction of sp³-hybridized carbons (Fsp3) is 0.0182. The second kappa shape index (κ2) is 13.4. The average Bonchev–Trinajstić information content (AvgIpc) is 3.57. The molecule has 0 fully saturated rings. The summed E-state index contributed by atoms with van der Waals surface area (Å²) in [5.41, 5.74) is 17.1. The minimum absolute atomic E-state index is 0.531. The van der Waals surface area contributed by atoms with Crippen LogP contribution < -0.4 is 9.64 Å². The van der Waals surface area contributed by atoms with E-state index in [4.69, 9.17) is 4.74 Å². The maximum atomic E-state index is 6.61. The summed E-state index contributed by atoms with van der Waals surface area (Å²) in [4.78, 5) is 2.46. The summed E-state index contributed by atoms with van der Waals surface area (Å²) in [6, 6.07) is 81.2. The fourth-order valence-electron chi connectivity index (χ4n) is 9.28. The van der Waals surface area contributed by atoms with Gasteiger partial charge >= 0.3 is 0 Å². The third-order valence-electron chi connectivity index (χ3n) is 11.7. The maximum absolute atomic E-state index is 6.61. The number of hydrogen-bond acceptors (Lipinski definition) is 2. The number of rotatable bonds is 6. The molecule has 0 aromatic heterocycles. The summed E-state index contributed by atoms with van der Waals surface area (Å²) < 4.78 is 6.61. The smallest absolute Gasteiger partial charge is 0.132 e. The van der Waals surface area contributed by atoms with E-state index in [1.54, 1.807) is 0 Å². The topological polar surface area (TPSA) is 12.5 Å². The van der Waals surface area contributed by atoms with Gasteiger partial charge in [-0.15, -0.1) is 0 Å². The first kappa shape index (κ1) is 33.0. The highest BCUT2D eigenvalue weighted by Gasteiger charge is 2.51. The molecule has 2 heteroatoms. The fourth-order valence-corrected chi connectivity index (χ4v) is 9.28. The van der Waals surface area contributed by atoms with Gasteiger partial charge in [0.25, 0.3) is 0 Å². The molecule has 0 unspecified atom stereocenters. The Morgan fingerprint density at radius 3 is 1.39 bits per heavy atom. The zero-order chi connectivity index (χ0) is 37.8. The zero-order valence-corrected chi connectivity index (χ0v) is 31.2. The molecule has 2 nitrogen and oxygen atoms in total. The Balaban J connectivity index is 1.20. The molecule has 2 aliphatic rings. The average molecular weight is 728 g/mol. The summed E-state index contributed by atoms with van der Waals surface area (Å²) in [5, 5.41) is 0. The van der Waals surface area contributed by atoms with Crippen LogP contribution in [0, 0.1) is 0 Å². The number of fused-ring (bicyclic) bond motifs is 9. The summed E-state index contributed by atoms with van der Waals surface area (Å²) in [7, 11) is 0. The highest BCUT2D eigenvalue weighted by Crippen LogP contribution is 2.62. The Morgan fingerprint density at radius 1 is 0.298 bits per heavy atom. The zero-order valence-electron chi connectivity index (χ0n) is 31.2. The summed E-state index contributed by atoms with van der Waals surface area (Å²) in [6.45, 7) is 0. The molecule has 1 heterocycles. The molecule has 0 saturated carbocycles. The molecule has 0 bridgehead atoms. The van der Waals surface area contributed by atoms with Gasteiger partial charge < -0.3 is 9.64 Å². The molecule has 0 N–H and O–H groups in total. The molecule has 0 atom stereocenters. The Hall–Kier alpha value is -7.42. The molecule has 0 saturated heterocycles. The Morgan fingerprint density at radius 2 is 0.772 bits per heavy atom. The summed E-state index contributed by atoms with van der Waals surface area (Å²) in [5.74, 6) is 1.79. The van der Waals surface area contributed by atoms with Gasteiger partial charge in [-0.2, -0.15) is 0 Å². The van der Waals surface area contributed by atoms with Gasteiger partial charge in [0, 0.05) is 28.1 Å². The van der Waals surface area contributed by atoms with E-state index in [0.717, 1.165) is 56.4 Å². The van der Waals surface area contributed by atoms with E-state index in [-0.39, 0.29) is 0 Å². The SMILES string of the molecule is c1ccc(-c2cc(-c3ccccc3)cc(N(c3ccc4c(c3)-c3ccccc3C43c4ccccc4Oc4ccccc43)c3ccccc3-c3ccccc3)c2)cc1. The Bertz CT molecular complexity index is 2830. The van der Waals surface area contributed by atoms with Crippen LogP contribution in [0.15, 0.2) is 224 Å². The van der Waals surface area contributed by atoms with Gasteiger partial charge in [-0.05, 0) is 98.6 Å². The van der Waals surface area contributed by atoms with Crippen molar-refractivity contribution in [2.24, 2.45) is 0 Å². The lowest BCUT2D eigenvalue weighted by molar-refractivity contribution is 0.436. The van der Waals surface area contributed by atoms with E-state index in [2.05, 4.69) is 229 Å². The molecule has 268 valence electrons. The van der Waals surface area contributed by atoms with Crippen LogP contribution in [0.1, 0.15) is 22.3 Å². The Labute approximate surface area is 333 Å². The van der Waals surface area contributed by atoms with Crippen LogP contribution in [-0.4, -0.2) is 0 Å². The van der Waals surface area contributed by atoms with Crippen LogP contribution in [0.4, 0.5) is 17.1 Å². The molecule has 1 aliphatic carbocycles. The van der Waals surface area contributed by atoms with E-state index in [1.165, 1.54) is 38.9 Å². The number of ether oxygens (including phenoxy) is 1. The standard InChI is InChI=1S/C55H37NO/c1-4-18-38(19-5-1)41-34-42(39-20-6-2-7-21-39)36-44(35-41)56(52-29-15-11-24-45(52)40-22-8-3-9-23-40)43-32-33-49-47(37-43)46-25-10-12-26-48(46)55(49)50-27-13-16-30-53(50)57-54-31-17-14-28-51(54)55/h1-37H. The molecule has 1 spiro atoms. The van der Waals surface area contributed by atoms with Gasteiger partial charge in [0.2, 0.25) is 0 Å². The largest absolute Gasteiger partial charge is 0.457 e. The molecule has 11 rings (SSSR count). The van der Waals surface area contributed by atoms with Crippen molar-refractivity contribution in [1.29, 1.82) is 0 Å². The number of anilines is 3. The summed E-state index contributed by atoms with van der Waals surface area (Å²) >= 11 is 0. The predicted molar refractivity (Wildman–Crippen MR) is 235 cm³/mol. The van der Waals surface area contributed by atoms with Crippen molar-refractivity contribution in [2.75, 3.05) is 4.90 Å². The van der Waals surface area contributed by atoms with E-state index in [9.17, 15) is 0 Å². The number of hydrogen-bond donors (Lipinski definition) is 0. The Kier molecular flexibility index (Phi) is 7.75. The first-order chi connectivity index (χ1) is 28.3. The molecular weight excluding hydrogens is 691 g/mol. The molecule has 0 amide bonds. The van der Waals surface area contributed by atoms with E-state index in [1.807, 2.05) is 0 Å². The van der Waals surface area contributed by atoms with Crippen molar-refractivity contribution in [2.45, 2.75) is 5.41 Å². The lowest BCUT2D eigenvalue weighted by Gasteiger charge is -2.39. The highest BCUT2D eigenvalue weighted by molar-refractivity contribution is 5.95. The third-order valence-corrected chi connectivity index (χ3v) is 11.7. The van der Waals surface area contributed by atoms with Gasteiger partial charge in [0.05, 0.1) is 11.1 Å². The molecule has 0 radical (unpaired) electrons. The van der Waals surface area contributed by atoms with Crippen molar-refractivity contribution in [3.05, 3.63) is 247 Å². The minimum Gasteiger partial charge on any atom is -0.457 e. The van der Waals surface area contributed by atoms with E-state index >= 15 is 0 Å². The molecule has 9 aromatic rings. The highest BCUT2D eigenvalue weighted by atomic mass is 16.5. The second-order valence-corrected chi connectivity index (χ2v) is 14.8. The van der Waals surface area contributed by atoms with Crippen LogP contribution in [0.2, 0.25) is 0 Å². The van der Waals surface area contributed by atoms with Crippen molar-refractivity contribution in [3.63, 3.8) is 0 Å². The number of benzene rings is 9. The first-order valence-corrected chi connectivity index (χ1v) is 19.6. The van der Waals surface area contributed by atoms with Crippen molar-refractivity contribution in [3.8, 4) is 56.0 Å². The van der Waals surface area contributed by atoms with E-state index in [0.29, 0.717) is 0 Å². The summed E-state index contributed by atoms with van der Waals surface area (Å²) in [6.07, 6.45) is 0. The number of nitrogens with zero attached hydrogens (tertiary/aromatic N) is 1. The molecule has 9 aromatic carbocycles. The van der Waals surface area contributed by atoms with Crippen LogP contribution in [-0.2, 0) is 5.41 Å². The van der Waals surface area contributed by atoms with E-state index < -0.39 is 5.41 Å². The van der Waals surface area contributed by atoms with Gasteiger partial charge in [0.15, 0.2) is 0 Å². The number of para-hydroxylation sites is 3. The first-order valence-electron chi connectivity index (χ1n) is 19.6. The van der Waals surface area contributed by atoms with Gasteiger partial charge in [-0.1, -0.05) is 176 Å². The van der Waals surface area contributed by atoms with Crippen molar-refractivity contribution in [1.82, 2.24) is 0 Å². The minimum atomic E-state index is -0.531. The van der Waals surface area contributed by atoms with Crippen LogP contribution in [0.3, 0.4) is 0 Å². The lowest BCUT2D eigenvalue weighted by Crippen LogP contribution is -2.32. The van der Waals surface area contributed by atoms with Crippen LogP contribution in [0.5, 0.6) is 11.5 Å². The van der Waals surface area contributed by atoms with Crippen molar-refractivity contribution < 1.29 is 4.74 Å². The lowest BCUT2D eigenvalue weighted by atomic mass is 9.66. The van der Waals surface area contributed by atoms with Gasteiger partial charge in [-0.25, -0.2) is 0 Å². The molecular formula is C55H37NO. The predicted octanol–water partition coefficient (Wildman–Crippen LogP) is 14.6. The monoisotopic (exact) mass is 727 g/mol. The van der Waals surface area contributed by atoms with Crippen LogP contribution >= 0.6 is 0 Å². The molecule has 1 aliphatic heterocycles. The van der Waals surface area contributed by atoms with Crippen molar-refractivity contribution >= 4 is 17.1 Å².